The maximum Gasteiger partial charge on any atom is 0.234 e. The van der Waals surface area contributed by atoms with Crippen molar-refractivity contribution in [2.45, 2.75) is 32.1 Å². The fourth-order valence-electron chi connectivity index (χ4n) is 1.94. The van der Waals surface area contributed by atoms with Crippen molar-refractivity contribution in [1.82, 2.24) is 5.32 Å². The number of aliphatic hydroxyl groups excluding tert-OH is 1. The molecule has 1 fully saturated rings. The number of hydrogen-bond donors (Lipinski definition) is 2. The van der Waals surface area contributed by atoms with Crippen molar-refractivity contribution in [3.63, 3.8) is 0 Å². The molecule has 1 rings (SSSR count). The Hall–Kier alpha value is -1.08. The molecule has 0 aromatic carbocycles. The Morgan fingerprint density at radius 3 is 2.64 bits per heavy atom. The van der Waals surface area contributed by atoms with Gasteiger partial charge in [-0.2, -0.15) is 5.26 Å². The van der Waals surface area contributed by atoms with Crippen LogP contribution in [0.2, 0.25) is 0 Å². The molecule has 1 aliphatic carbocycles. The number of nitrogens with zero attached hydrogens (tertiary/aromatic N) is 1. The Bertz CT molecular complexity index is 239. The van der Waals surface area contributed by atoms with Crippen LogP contribution in [0, 0.1) is 16.7 Å². The van der Waals surface area contributed by atoms with E-state index in [1.807, 2.05) is 0 Å². The molecule has 0 aliphatic heterocycles. The van der Waals surface area contributed by atoms with Crippen molar-refractivity contribution >= 4 is 5.91 Å². The maximum atomic E-state index is 11.0. The van der Waals surface area contributed by atoms with Gasteiger partial charge in [0.15, 0.2) is 0 Å². The second-order valence-corrected chi connectivity index (χ2v) is 3.98. The van der Waals surface area contributed by atoms with Crippen LogP contribution in [0.1, 0.15) is 32.1 Å². The van der Waals surface area contributed by atoms with Crippen LogP contribution < -0.4 is 5.32 Å². The van der Waals surface area contributed by atoms with Crippen LogP contribution in [0.5, 0.6) is 0 Å². The molecule has 1 saturated carbocycles. The fraction of sp³-hybridized carbons (Fsp3) is 0.800. The summed E-state index contributed by atoms with van der Waals surface area (Å²) in [4.78, 5) is 11.0. The third kappa shape index (κ3) is 2.71. The van der Waals surface area contributed by atoms with E-state index in [0.29, 0.717) is 6.54 Å². The first kappa shape index (κ1) is 11.0. The molecule has 0 spiro atoms. The minimum Gasteiger partial charge on any atom is -0.396 e. The number of aliphatic hydroxyl groups is 1. The first-order valence-electron chi connectivity index (χ1n) is 4.97. The normalized spacial score (nSPS) is 18.9. The van der Waals surface area contributed by atoms with Crippen LogP contribution in [0.3, 0.4) is 0 Å². The van der Waals surface area contributed by atoms with Crippen molar-refractivity contribution in [3.8, 4) is 6.07 Å². The van der Waals surface area contributed by atoms with Gasteiger partial charge in [0.1, 0.15) is 6.42 Å². The van der Waals surface area contributed by atoms with Crippen LogP contribution in [0.4, 0.5) is 0 Å². The summed E-state index contributed by atoms with van der Waals surface area (Å²) in [6, 6.07) is 1.80. The predicted molar refractivity (Wildman–Crippen MR) is 51.2 cm³/mol. The highest BCUT2D eigenvalue weighted by Crippen LogP contribution is 2.36. The van der Waals surface area contributed by atoms with Gasteiger partial charge in [0.2, 0.25) is 5.91 Å². The number of carbonyl (C=O) groups is 1. The molecule has 1 aliphatic rings. The van der Waals surface area contributed by atoms with E-state index in [-0.39, 0.29) is 24.3 Å². The van der Waals surface area contributed by atoms with Crippen LogP contribution in [0.15, 0.2) is 0 Å². The summed E-state index contributed by atoms with van der Waals surface area (Å²) < 4.78 is 0. The molecule has 0 unspecified atom stereocenters. The molecular formula is C10H16N2O2. The van der Waals surface area contributed by atoms with Crippen molar-refractivity contribution in [3.05, 3.63) is 0 Å². The van der Waals surface area contributed by atoms with Gasteiger partial charge in [0.05, 0.1) is 12.7 Å². The van der Waals surface area contributed by atoms with E-state index in [2.05, 4.69) is 5.32 Å². The zero-order chi connectivity index (χ0) is 10.4. The summed E-state index contributed by atoms with van der Waals surface area (Å²) in [6.45, 7) is 0.629. The number of nitriles is 1. The Balaban J connectivity index is 2.35. The van der Waals surface area contributed by atoms with E-state index in [1.54, 1.807) is 6.07 Å². The maximum absolute atomic E-state index is 11.0. The minimum atomic E-state index is -0.243. The summed E-state index contributed by atoms with van der Waals surface area (Å²) in [5.74, 6) is -0.243. The van der Waals surface area contributed by atoms with E-state index in [9.17, 15) is 9.90 Å². The molecule has 0 saturated heterocycles. The molecule has 0 heterocycles. The SMILES string of the molecule is N#CCC(=O)NCC1(CO)CCCC1. The van der Waals surface area contributed by atoms with Gasteiger partial charge in [0, 0.05) is 12.0 Å². The molecule has 14 heavy (non-hydrogen) atoms. The highest BCUT2D eigenvalue weighted by molar-refractivity contribution is 5.77. The monoisotopic (exact) mass is 196 g/mol. The number of hydrogen-bond acceptors (Lipinski definition) is 3. The third-order valence-corrected chi connectivity index (χ3v) is 2.90. The average molecular weight is 196 g/mol. The van der Waals surface area contributed by atoms with E-state index in [1.165, 1.54) is 0 Å². The molecule has 1 amide bonds. The number of nitrogens with one attached hydrogen (secondary N) is 1. The third-order valence-electron chi connectivity index (χ3n) is 2.90. The molecule has 0 aromatic rings. The van der Waals surface area contributed by atoms with E-state index in [4.69, 9.17) is 5.26 Å². The number of amides is 1. The Kier molecular flexibility index (Phi) is 3.90. The fourth-order valence-corrected chi connectivity index (χ4v) is 1.94. The number of rotatable bonds is 4. The van der Waals surface area contributed by atoms with Gasteiger partial charge < -0.3 is 10.4 Å². The molecule has 0 bridgehead atoms. The van der Waals surface area contributed by atoms with Crippen molar-refractivity contribution < 1.29 is 9.90 Å². The lowest BCUT2D eigenvalue weighted by molar-refractivity contribution is -0.120. The Morgan fingerprint density at radius 2 is 2.14 bits per heavy atom. The van der Waals surface area contributed by atoms with Gasteiger partial charge in [-0.3, -0.25) is 4.79 Å². The summed E-state index contributed by atoms with van der Waals surface area (Å²) in [7, 11) is 0. The van der Waals surface area contributed by atoms with E-state index >= 15 is 0 Å². The van der Waals surface area contributed by atoms with Crippen LogP contribution >= 0.6 is 0 Å². The molecule has 78 valence electrons. The van der Waals surface area contributed by atoms with E-state index in [0.717, 1.165) is 25.7 Å². The minimum absolute atomic E-state index is 0.0957. The van der Waals surface area contributed by atoms with Gasteiger partial charge in [-0.15, -0.1) is 0 Å². The molecule has 4 nitrogen and oxygen atoms in total. The molecule has 0 radical (unpaired) electrons. The predicted octanol–water partition coefficient (Wildman–Crippen LogP) is 0.569. The highest BCUT2D eigenvalue weighted by Gasteiger charge is 2.33. The first-order valence-corrected chi connectivity index (χ1v) is 4.97. The van der Waals surface area contributed by atoms with Gasteiger partial charge >= 0.3 is 0 Å². The van der Waals surface area contributed by atoms with Gasteiger partial charge in [-0.05, 0) is 12.8 Å². The quantitative estimate of drug-likeness (QED) is 0.690. The first-order chi connectivity index (χ1) is 6.72. The molecule has 2 N–H and O–H groups in total. The van der Waals surface area contributed by atoms with Crippen molar-refractivity contribution in [2.24, 2.45) is 5.41 Å². The molecule has 4 heteroatoms. The van der Waals surface area contributed by atoms with Crippen molar-refractivity contribution in [2.75, 3.05) is 13.2 Å². The molecule has 0 aromatic heterocycles. The molecule has 0 atom stereocenters. The standard InChI is InChI=1S/C10H16N2O2/c11-6-3-9(14)12-7-10(8-13)4-1-2-5-10/h13H,1-5,7-8H2,(H,12,14). The van der Waals surface area contributed by atoms with Gasteiger partial charge in [-0.1, -0.05) is 12.8 Å². The molecular weight excluding hydrogens is 180 g/mol. The number of carbonyl (C=O) groups excluding carboxylic acids is 1. The lowest BCUT2D eigenvalue weighted by Crippen LogP contribution is -2.38. The zero-order valence-electron chi connectivity index (χ0n) is 8.25. The largest absolute Gasteiger partial charge is 0.396 e. The summed E-state index contributed by atoms with van der Waals surface area (Å²) in [6.07, 6.45) is 4.08. The highest BCUT2D eigenvalue weighted by atomic mass is 16.3. The lowest BCUT2D eigenvalue weighted by atomic mass is 9.87. The smallest absolute Gasteiger partial charge is 0.234 e. The van der Waals surface area contributed by atoms with Crippen LogP contribution in [-0.4, -0.2) is 24.2 Å². The summed E-state index contributed by atoms with van der Waals surface area (Å²) in [5, 5.41) is 20.2. The summed E-state index contributed by atoms with van der Waals surface area (Å²) >= 11 is 0. The van der Waals surface area contributed by atoms with Gasteiger partial charge in [-0.25, -0.2) is 0 Å². The Labute approximate surface area is 83.9 Å². The van der Waals surface area contributed by atoms with E-state index < -0.39 is 0 Å². The lowest BCUT2D eigenvalue weighted by Gasteiger charge is -2.26. The van der Waals surface area contributed by atoms with Gasteiger partial charge in [0.25, 0.3) is 0 Å². The average Bonchev–Trinajstić information content (AvgIpc) is 2.65. The Morgan fingerprint density at radius 1 is 1.50 bits per heavy atom. The topological polar surface area (TPSA) is 73.1 Å². The van der Waals surface area contributed by atoms with Crippen LogP contribution in [0.25, 0.3) is 0 Å². The summed E-state index contributed by atoms with van der Waals surface area (Å²) in [5.41, 5.74) is -0.120. The zero-order valence-corrected chi connectivity index (χ0v) is 8.25. The second kappa shape index (κ2) is 4.97. The van der Waals surface area contributed by atoms with Crippen molar-refractivity contribution in [1.29, 1.82) is 5.26 Å². The van der Waals surface area contributed by atoms with Crippen LogP contribution in [-0.2, 0) is 4.79 Å². The second-order valence-electron chi connectivity index (χ2n) is 3.98.